The summed E-state index contributed by atoms with van der Waals surface area (Å²) < 4.78 is 19.7. The van der Waals surface area contributed by atoms with Gasteiger partial charge >= 0.3 is 0 Å². The van der Waals surface area contributed by atoms with Gasteiger partial charge in [-0.05, 0) is 42.3 Å². The number of halogens is 1. The molecule has 4 heterocycles. The summed E-state index contributed by atoms with van der Waals surface area (Å²) in [7, 11) is 0. The Morgan fingerprint density at radius 3 is 2.46 bits per heavy atom. The summed E-state index contributed by atoms with van der Waals surface area (Å²) in [6.45, 7) is 2.02. The fourth-order valence-electron chi connectivity index (χ4n) is 5.52. The van der Waals surface area contributed by atoms with Crippen molar-refractivity contribution in [2.75, 3.05) is 9.80 Å². The summed E-state index contributed by atoms with van der Waals surface area (Å²) in [5.74, 6) is -1.73. The molecule has 10 heteroatoms. The second-order valence-electron chi connectivity index (χ2n) is 9.35. The van der Waals surface area contributed by atoms with Crippen LogP contribution in [-0.2, 0) is 23.3 Å². The zero-order valence-corrected chi connectivity index (χ0v) is 21.4. The van der Waals surface area contributed by atoms with Crippen molar-refractivity contribution in [1.82, 2.24) is 10.2 Å². The quantitative estimate of drug-likeness (QED) is 0.326. The van der Waals surface area contributed by atoms with Gasteiger partial charge in [0.1, 0.15) is 16.4 Å². The Morgan fingerprint density at radius 2 is 1.69 bits per heavy atom. The average Bonchev–Trinajstić information content (AvgIpc) is 3.60. The van der Waals surface area contributed by atoms with E-state index >= 15 is 0 Å². The van der Waals surface area contributed by atoms with Gasteiger partial charge in [0.05, 0.1) is 23.2 Å². The van der Waals surface area contributed by atoms with Crippen molar-refractivity contribution < 1.29 is 18.4 Å². The van der Waals surface area contributed by atoms with Gasteiger partial charge in [0.15, 0.2) is 11.0 Å². The monoisotopic (exact) mass is 538 g/mol. The molecular formula is C29H19FN4O4S. The maximum atomic E-state index is 14.7. The summed E-state index contributed by atoms with van der Waals surface area (Å²) >= 11 is 1.19. The fraction of sp³-hybridized carbons (Fsp3) is 0.138. The van der Waals surface area contributed by atoms with Gasteiger partial charge in [-0.3, -0.25) is 19.3 Å². The Kier molecular flexibility index (Phi) is 5.05. The van der Waals surface area contributed by atoms with E-state index in [1.54, 1.807) is 60.7 Å². The first-order valence-electron chi connectivity index (χ1n) is 12.3. The number of hydrogen-bond donors (Lipinski definition) is 0. The Hall–Kier alpha value is -4.70. The normalized spacial score (nSPS) is 17.9. The van der Waals surface area contributed by atoms with Gasteiger partial charge in [-0.15, -0.1) is 10.2 Å². The zero-order chi connectivity index (χ0) is 26.9. The number of carbonyl (C=O) groups is 2. The number of benzene rings is 3. The highest BCUT2D eigenvalue weighted by molar-refractivity contribution is 7.15. The molecule has 0 fully saturated rings. The van der Waals surface area contributed by atoms with E-state index in [4.69, 9.17) is 4.42 Å². The maximum absolute atomic E-state index is 14.7. The Balaban J connectivity index is 1.54. The van der Waals surface area contributed by atoms with Crippen molar-refractivity contribution >= 4 is 44.9 Å². The van der Waals surface area contributed by atoms with Gasteiger partial charge < -0.3 is 9.32 Å². The maximum Gasteiger partial charge on any atom is 0.297 e. The molecule has 7 rings (SSSR count). The highest BCUT2D eigenvalue weighted by Gasteiger charge is 2.66. The van der Waals surface area contributed by atoms with Gasteiger partial charge in [0.2, 0.25) is 10.9 Å². The molecular weight excluding hydrogens is 519 g/mol. The molecule has 0 aliphatic carbocycles. The summed E-state index contributed by atoms with van der Waals surface area (Å²) in [5, 5.41) is 9.59. The Morgan fingerprint density at radius 1 is 0.949 bits per heavy atom. The van der Waals surface area contributed by atoms with E-state index in [9.17, 15) is 18.8 Å². The number of amides is 2. The smallest absolute Gasteiger partial charge is 0.297 e. The van der Waals surface area contributed by atoms with Crippen molar-refractivity contribution in [3.63, 3.8) is 0 Å². The lowest BCUT2D eigenvalue weighted by Gasteiger charge is -2.32. The number of carbonyl (C=O) groups excluding carboxylic acids is 2. The van der Waals surface area contributed by atoms with Gasteiger partial charge in [0, 0.05) is 5.56 Å². The van der Waals surface area contributed by atoms with E-state index in [0.717, 1.165) is 0 Å². The SMILES string of the molecule is CCc1nnc(N2C(=O)c3oc4ccccc4c(=O)c3C23C(=O)N(Cc2ccc(F)cc2)c2ccccc23)s1. The Bertz CT molecular complexity index is 1880. The molecule has 8 nitrogen and oxygen atoms in total. The summed E-state index contributed by atoms with van der Waals surface area (Å²) in [4.78, 5) is 45.8. The number of aryl methyl sites for hydroxylation is 1. The number of hydrogen-bond acceptors (Lipinski definition) is 7. The summed E-state index contributed by atoms with van der Waals surface area (Å²) in [6.07, 6.45) is 0.585. The van der Waals surface area contributed by atoms with Crippen LogP contribution in [0.15, 0.2) is 82.0 Å². The second kappa shape index (κ2) is 8.40. The molecule has 1 spiro atoms. The molecule has 2 amide bonds. The third kappa shape index (κ3) is 3.12. The third-order valence-electron chi connectivity index (χ3n) is 7.24. The lowest BCUT2D eigenvalue weighted by atomic mass is 9.84. The van der Waals surface area contributed by atoms with Crippen LogP contribution in [0.4, 0.5) is 15.2 Å². The van der Waals surface area contributed by atoms with E-state index in [0.29, 0.717) is 28.2 Å². The minimum absolute atomic E-state index is 0.0431. The molecule has 0 radical (unpaired) electrons. The molecule has 39 heavy (non-hydrogen) atoms. The van der Waals surface area contributed by atoms with Crippen molar-refractivity contribution in [2.45, 2.75) is 25.4 Å². The minimum Gasteiger partial charge on any atom is -0.450 e. The van der Waals surface area contributed by atoms with Crippen LogP contribution in [0, 0.1) is 5.82 Å². The predicted octanol–water partition coefficient (Wildman–Crippen LogP) is 4.80. The van der Waals surface area contributed by atoms with Crippen LogP contribution in [0.1, 0.15) is 39.2 Å². The number of rotatable bonds is 4. The number of aromatic nitrogens is 2. The highest BCUT2D eigenvalue weighted by atomic mass is 32.1. The van der Waals surface area contributed by atoms with Crippen molar-refractivity contribution in [3.05, 3.63) is 116 Å². The number of fused-ring (bicyclic) bond motifs is 5. The van der Waals surface area contributed by atoms with Crippen LogP contribution in [0.2, 0.25) is 0 Å². The lowest BCUT2D eigenvalue weighted by molar-refractivity contribution is -0.121. The van der Waals surface area contributed by atoms with Gasteiger partial charge in [-0.25, -0.2) is 4.39 Å². The molecule has 5 aromatic rings. The molecule has 192 valence electrons. The van der Waals surface area contributed by atoms with Crippen LogP contribution in [0.25, 0.3) is 11.0 Å². The first-order valence-corrected chi connectivity index (χ1v) is 13.2. The molecule has 0 bridgehead atoms. The highest BCUT2D eigenvalue weighted by Crippen LogP contribution is 2.54. The molecule has 0 saturated carbocycles. The summed E-state index contributed by atoms with van der Waals surface area (Å²) in [6, 6.07) is 19.6. The van der Waals surface area contributed by atoms with Crippen molar-refractivity contribution in [3.8, 4) is 0 Å². The number of para-hydroxylation sites is 2. The predicted molar refractivity (Wildman–Crippen MR) is 143 cm³/mol. The molecule has 3 aromatic carbocycles. The molecule has 2 aliphatic rings. The largest absolute Gasteiger partial charge is 0.450 e. The van der Waals surface area contributed by atoms with E-state index < -0.39 is 28.6 Å². The van der Waals surface area contributed by atoms with Crippen LogP contribution in [0.3, 0.4) is 0 Å². The Labute approximate surface area is 224 Å². The van der Waals surface area contributed by atoms with E-state index in [-0.39, 0.29) is 34.0 Å². The zero-order valence-electron chi connectivity index (χ0n) is 20.6. The first-order chi connectivity index (χ1) is 18.9. The topological polar surface area (TPSA) is 96.6 Å². The van der Waals surface area contributed by atoms with Crippen LogP contribution < -0.4 is 15.2 Å². The lowest BCUT2D eigenvalue weighted by Crippen LogP contribution is -2.53. The fourth-order valence-corrected chi connectivity index (χ4v) is 6.35. The third-order valence-corrected chi connectivity index (χ3v) is 8.29. The van der Waals surface area contributed by atoms with Crippen molar-refractivity contribution in [2.24, 2.45) is 0 Å². The number of anilines is 2. The standard InChI is InChI=1S/C29H19FN4O4S/c1-2-22-31-32-28(39-22)34-26(36)25-23(24(35)18-7-3-6-10-21(18)38-25)29(34)19-8-4-5-9-20(19)33(27(29)37)15-16-11-13-17(30)14-12-16/h3-14H,2,15H2,1H3. The van der Waals surface area contributed by atoms with Crippen LogP contribution in [0.5, 0.6) is 0 Å². The average molecular weight is 539 g/mol. The minimum atomic E-state index is -1.85. The van der Waals surface area contributed by atoms with Gasteiger partial charge in [-0.2, -0.15) is 0 Å². The van der Waals surface area contributed by atoms with Crippen LogP contribution >= 0.6 is 11.3 Å². The molecule has 2 aliphatic heterocycles. The number of nitrogens with zero attached hydrogens (tertiary/aromatic N) is 4. The molecule has 2 aromatic heterocycles. The molecule has 1 atom stereocenters. The first kappa shape index (κ1) is 23.4. The molecule has 0 N–H and O–H groups in total. The van der Waals surface area contributed by atoms with Crippen LogP contribution in [-0.4, -0.2) is 22.0 Å². The molecule has 1 unspecified atom stereocenters. The van der Waals surface area contributed by atoms with E-state index in [1.807, 2.05) is 6.92 Å². The molecule has 0 saturated heterocycles. The van der Waals surface area contributed by atoms with Gasteiger partial charge in [-0.1, -0.05) is 60.7 Å². The van der Waals surface area contributed by atoms with Gasteiger partial charge in [0.25, 0.3) is 11.8 Å². The summed E-state index contributed by atoms with van der Waals surface area (Å²) in [5.41, 5.74) is -0.431. The van der Waals surface area contributed by atoms with Crippen molar-refractivity contribution in [1.29, 1.82) is 0 Å². The van der Waals surface area contributed by atoms with E-state index in [1.165, 1.54) is 33.3 Å². The second-order valence-corrected chi connectivity index (χ2v) is 10.4. The van der Waals surface area contributed by atoms with E-state index in [2.05, 4.69) is 10.2 Å².